The number of hydrogen-bond donors (Lipinski definition) is 0. The summed E-state index contributed by atoms with van der Waals surface area (Å²) in [6.45, 7) is 6.20. The minimum absolute atomic E-state index is 0.0215. The third-order valence-electron chi connectivity index (χ3n) is 3.39. The van der Waals surface area contributed by atoms with E-state index in [1.54, 1.807) is 7.11 Å². The largest absolute Gasteiger partial charge is 0.377 e. The van der Waals surface area contributed by atoms with Gasteiger partial charge in [-0.05, 0) is 17.1 Å². The van der Waals surface area contributed by atoms with Crippen LogP contribution in [0, 0.1) is 5.41 Å². The van der Waals surface area contributed by atoms with Crippen molar-refractivity contribution >= 4 is 5.78 Å². The smallest absolute Gasteiger partial charge is 0.189 e. The fraction of sp³-hybridized carbons (Fsp3) is 0.438. The second kappa shape index (κ2) is 4.69. The van der Waals surface area contributed by atoms with Gasteiger partial charge >= 0.3 is 0 Å². The van der Waals surface area contributed by atoms with Crippen LogP contribution in [0.2, 0.25) is 0 Å². The Hall–Kier alpha value is -1.41. The van der Waals surface area contributed by atoms with Gasteiger partial charge in [-0.15, -0.1) is 0 Å². The third kappa shape index (κ3) is 2.39. The van der Waals surface area contributed by atoms with Crippen LogP contribution in [0.25, 0.3) is 0 Å². The summed E-state index contributed by atoms with van der Waals surface area (Å²) in [7, 11) is 1.69. The van der Waals surface area contributed by atoms with Crippen molar-refractivity contribution in [1.29, 1.82) is 0 Å². The molecule has 96 valence electrons. The summed E-state index contributed by atoms with van der Waals surface area (Å²) in [5.41, 5.74) is 2.58. The standard InChI is InChI=1S/C16H20O2/c1-16(2,3)14-10-12(18-4)9-11-7-5-6-8-13(11)15(14)17/h5-8,10,12H,9H2,1-4H3. The zero-order chi connectivity index (χ0) is 13.3. The Labute approximate surface area is 109 Å². The second-order valence-electron chi connectivity index (χ2n) is 5.79. The number of hydrogen-bond acceptors (Lipinski definition) is 2. The summed E-state index contributed by atoms with van der Waals surface area (Å²) in [4.78, 5) is 12.6. The lowest BCUT2D eigenvalue weighted by atomic mass is 9.82. The van der Waals surface area contributed by atoms with E-state index in [9.17, 15) is 4.79 Å². The van der Waals surface area contributed by atoms with Gasteiger partial charge in [0.25, 0.3) is 0 Å². The van der Waals surface area contributed by atoms with Gasteiger partial charge in [0.1, 0.15) is 0 Å². The highest BCUT2D eigenvalue weighted by Gasteiger charge is 2.30. The van der Waals surface area contributed by atoms with Crippen LogP contribution in [-0.4, -0.2) is 19.0 Å². The van der Waals surface area contributed by atoms with Crippen LogP contribution in [0.3, 0.4) is 0 Å². The normalized spacial score (nSPS) is 20.1. The number of Topliss-reactive ketones (excluding diaryl/α,β-unsaturated/α-hetero) is 1. The maximum atomic E-state index is 12.6. The topological polar surface area (TPSA) is 26.3 Å². The van der Waals surface area contributed by atoms with Gasteiger partial charge in [0, 0.05) is 24.7 Å². The Bertz CT molecular complexity index is 492. The van der Waals surface area contributed by atoms with Gasteiger partial charge in [0.2, 0.25) is 0 Å². The van der Waals surface area contributed by atoms with Gasteiger partial charge in [-0.1, -0.05) is 45.0 Å². The number of fused-ring (bicyclic) bond motifs is 1. The molecule has 1 aromatic carbocycles. The lowest BCUT2D eigenvalue weighted by molar-refractivity contribution is 0.101. The Morgan fingerprint density at radius 3 is 2.50 bits per heavy atom. The van der Waals surface area contributed by atoms with Crippen molar-refractivity contribution in [3.05, 3.63) is 47.0 Å². The van der Waals surface area contributed by atoms with E-state index in [0.29, 0.717) is 0 Å². The lowest BCUT2D eigenvalue weighted by Crippen LogP contribution is -2.19. The van der Waals surface area contributed by atoms with Crippen molar-refractivity contribution < 1.29 is 9.53 Å². The lowest BCUT2D eigenvalue weighted by Gasteiger charge is -2.22. The maximum absolute atomic E-state index is 12.6. The number of allylic oxidation sites excluding steroid dienone is 1. The van der Waals surface area contributed by atoms with Gasteiger partial charge in [0.15, 0.2) is 5.78 Å². The Morgan fingerprint density at radius 1 is 1.22 bits per heavy atom. The summed E-state index contributed by atoms with van der Waals surface area (Å²) in [6.07, 6.45) is 2.73. The molecule has 0 aromatic heterocycles. The molecule has 0 saturated heterocycles. The maximum Gasteiger partial charge on any atom is 0.189 e. The molecule has 0 aliphatic heterocycles. The van der Waals surface area contributed by atoms with E-state index in [2.05, 4.69) is 20.8 Å². The SMILES string of the molecule is COC1C=C(C(C)(C)C)C(=O)c2ccccc2C1. The van der Waals surface area contributed by atoms with Gasteiger partial charge in [-0.2, -0.15) is 0 Å². The van der Waals surface area contributed by atoms with E-state index in [-0.39, 0.29) is 17.3 Å². The molecular formula is C16H20O2. The van der Waals surface area contributed by atoms with E-state index in [1.165, 1.54) is 0 Å². The van der Waals surface area contributed by atoms with Crippen LogP contribution < -0.4 is 0 Å². The van der Waals surface area contributed by atoms with Crippen molar-refractivity contribution in [2.24, 2.45) is 5.41 Å². The van der Waals surface area contributed by atoms with Gasteiger partial charge in [-0.25, -0.2) is 0 Å². The number of carbonyl (C=O) groups is 1. The van der Waals surface area contributed by atoms with E-state index >= 15 is 0 Å². The molecule has 1 aliphatic carbocycles. The summed E-state index contributed by atoms with van der Waals surface area (Å²) in [5, 5.41) is 0. The third-order valence-corrected chi connectivity index (χ3v) is 3.39. The molecule has 18 heavy (non-hydrogen) atoms. The molecule has 1 aliphatic rings. The molecule has 0 bridgehead atoms. The molecular weight excluding hydrogens is 224 g/mol. The number of rotatable bonds is 1. The summed E-state index contributed by atoms with van der Waals surface area (Å²) >= 11 is 0. The summed E-state index contributed by atoms with van der Waals surface area (Å²) < 4.78 is 5.47. The minimum Gasteiger partial charge on any atom is -0.377 e. The highest BCUT2D eigenvalue weighted by Crippen LogP contribution is 2.32. The first kappa shape index (κ1) is 13.0. The first-order chi connectivity index (χ1) is 8.43. The van der Waals surface area contributed by atoms with Gasteiger partial charge in [-0.3, -0.25) is 4.79 Å². The highest BCUT2D eigenvalue weighted by atomic mass is 16.5. The van der Waals surface area contributed by atoms with Crippen LogP contribution >= 0.6 is 0 Å². The quantitative estimate of drug-likeness (QED) is 0.756. The van der Waals surface area contributed by atoms with Crippen LogP contribution in [-0.2, 0) is 11.2 Å². The van der Waals surface area contributed by atoms with Crippen molar-refractivity contribution in [2.75, 3.05) is 7.11 Å². The molecule has 0 amide bonds. The molecule has 0 spiro atoms. The fourth-order valence-electron chi connectivity index (χ4n) is 2.34. The van der Waals surface area contributed by atoms with E-state index in [0.717, 1.165) is 23.1 Å². The van der Waals surface area contributed by atoms with Gasteiger partial charge < -0.3 is 4.74 Å². The number of benzene rings is 1. The van der Waals surface area contributed by atoms with E-state index in [1.807, 2.05) is 30.3 Å². The van der Waals surface area contributed by atoms with Crippen LogP contribution in [0.1, 0.15) is 36.7 Å². The number of methoxy groups -OCH3 is 1. The average Bonchev–Trinajstić information content (AvgIpc) is 2.46. The van der Waals surface area contributed by atoms with Crippen molar-refractivity contribution in [1.82, 2.24) is 0 Å². The van der Waals surface area contributed by atoms with Crippen molar-refractivity contribution in [3.63, 3.8) is 0 Å². The second-order valence-corrected chi connectivity index (χ2v) is 5.79. The summed E-state index contributed by atoms with van der Waals surface area (Å²) in [5.74, 6) is 0.137. The fourth-order valence-corrected chi connectivity index (χ4v) is 2.34. The van der Waals surface area contributed by atoms with E-state index in [4.69, 9.17) is 4.74 Å². The molecule has 0 N–H and O–H groups in total. The Morgan fingerprint density at radius 2 is 1.89 bits per heavy atom. The predicted molar refractivity (Wildman–Crippen MR) is 72.8 cm³/mol. The van der Waals surface area contributed by atoms with Crippen LogP contribution in [0.5, 0.6) is 0 Å². The first-order valence-electron chi connectivity index (χ1n) is 6.31. The molecule has 0 heterocycles. The Balaban J connectivity index is 2.56. The van der Waals surface area contributed by atoms with E-state index < -0.39 is 0 Å². The predicted octanol–water partition coefficient (Wildman–Crippen LogP) is 3.41. The number of ether oxygens (including phenoxy) is 1. The molecule has 1 unspecified atom stereocenters. The molecule has 2 heteroatoms. The highest BCUT2D eigenvalue weighted by molar-refractivity contribution is 6.10. The first-order valence-corrected chi connectivity index (χ1v) is 6.31. The number of carbonyl (C=O) groups excluding carboxylic acids is 1. The van der Waals surface area contributed by atoms with Crippen LogP contribution in [0.4, 0.5) is 0 Å². The molecule has 2 nitrogen and oxygen atoms in total. The molecule has 0 fully saturated rings. The summed E-state index contributed by atoms with van der Waals surface area (Å²) in [6, 6.07) is 7.82. The minimum atomic E-state index is -0.161. The van der Waals surface area contributed by atoms with Crippen LogP contribution in [0.15, 0.2) is 35.9 Å². The number of ketones is 1. The molecule has 1 atom stereocenters. The monoisotopic (exact) mass is 244 g/mol. The molecule has 0 radical (unpaired) electrons. The van der Waals surface area contributed by atoms with Crippen molar-refractivity contribution in [3.8, 4) is 0 Å². The molecule has 1 aromatic rings. The molecule has 0 saturated carbocycles. The Kier molecular flexibility index (Phi) is 3.40. The molecule has 2 rings (SSSR count). The zero-order valence-corrected chi connectivity index (χ0v) is 11.5. The average molecular weight is 244 g/mol. The zero-order valence-electron chi connectivity index (χ0n) is 11.5. The van der Waals surface area contributed by atoms with Gasteiger partial charge in [0.05, 0.1) is 6.10 Å². The van der Waals surface area contributed by atoms with Crippen molar-refractivity contribution in [2.45, 2.75) is 33.3 Å².